The summed E-state index contributed by atoms with van der Waals surface area (Å²) in [6.45, 7) is 7.18. The van der Waals surface area contributed by atoms with Crippen LogP contribution >= 0.6 is 34.2 Å². The molecule has 0 aliphatic carbocycles. The Bertz CT molecular complexity index is 592. The first kappa shape index (κ1) is 15.7. The summed E-state index contributed by atoms with van der Waals surface area (Å²) >= 11 is 8.28. The van der Waals surface area contributed by atoms with Crippen LogP contribution in [0.2, 0.25) is 5.02 Å². The number of aromatic nitrogens is 2. The minimum absolute atomic E-state index is 0.0898. The van der Waals surface area contributed by atoms with Crippen LogP contribution in [0.15, 0.2) is 22.6 Å². The first-order valence-electron chi connectivity index (χ1n) is 6.38. The maximum atomic E-state index is 6.10. The Kier molecular flexibility index (Phi) is 5.04. The number of rotatable bonds is 4. The van der Waals surface area contributed by atoms with E-state index in [4.69, 9.17) is 16.0 Å². The molecule has 20 heavy (non-hydrogen) atoms. The highest BCUT2D eigenvalue weighted by atomic mass is 127. The normalized spacial score (nSPS) is 11.8. The maximum Gasteiger partial charge on any atom is 0.247 e. The van der Waals surface area contributed by atoms with E-state index in [0.29, 0.717) is 23.2 Å². The van der Waals surface area contributed by atoms with E-state index in [0.717, 1.165) is 15.7 Å². The van der Waals surface area contributed by atoms with Gasteiger partial charge in [0.2, 0.25) is 11.8 Å². The lowest BCUT2D eigenvalue weighted by Gasteiger charge is -2.19. The van der Waals surface area contributed by atoms with Gasteiger partial charge in [-0.25, -0.2) is 0 Å². The van der Waals surface area contributed by atoms with Crippen LogP contribution in [0.5, 0.6) is 0 Å². The number of hydrogen-bond acceptors (Lipinski definition) is 4. The van der Waals surface area contributed by atoms with Gasteiger partial charge in [0.25, 0.3) is 0 Å². The summed E-state index contributed by atoms with van der Waals surface area (Å²) in [4.78, 5) is 0. The number of nitrogens with zero attached hydrogens (tertiary/aromatic N) is 2. The second-order valence-electron chi connectivity index (χ2n) is 5.56. The first-order valence-corrected chi connectivity index (χ1v) is 7.84. The van der Waals surface area contributed by atoms with Crippen molar-refractivity contribution in [3.63, 3.8) is 0 Å². The summed E-state index contributed by atoms with van der Waals surface area (Å²) in [5, 5.41) is 12.2. The molecule has 0 aliphatic rings. The fourth-order valence-electron chi connectivity index (χ4n) is 1.64. The van der Waals surface area contributed by atoms with Crippen molar-refractivity contribution in [2.45, 2.75) is 32.7 Å². The topological polar surface area (TPSA) is 51.0 Å². The van der Waals surface area contributed by atoms with Gasteiger partial charge in [-0.1, -0.05) is 11.6 Å². The molecule has 0 radical (unpaired) electrons. The van der Waals surface area contributed by atoms with Crippen LogP contribution in [0, 0.1) is 3.57 Å². The Morgan fingerprint density at radius 2 is 2.05 bits per heavy atom. The van der Waals surface area contributed by atoms with Crippen LogP contribution in [-0.2, 0) is 6.42 Å². The van der Waals surface area contributed by atoms with Crippen molar-refractivity contribution >= 4 is 34.2 Å². The summed E-state index contributed by atoms with van der Waals surface area (Å²) < 4.78 is 6.66. The minimum Gasteiger partial charge on any atom is -0.421 e. The van der Waals surface area contributed by atoms with Gasteiger partial charge in [0.1, 0.15) is 0 Å². The van der Waals surface area contributed by atoms with E-state index in [1.807, 2.05) is 18.2 Å². The summed E-state index contributed by atoms with van der Waals surface area (Å²) in [5.41, 5.74) is 0.935. The quantitative estimate of drug-likeness (QED) is 0.783. The summed E-state index contributed by atoms with van der Waals surface area (Å²) in [7, 11) is 0. The fraction of sp³-hybridized carbons (Fsp3) is 0.429. The van der Waals surface area contributed by atoms with Crippen LogP contribution in [0.4, 0.5) is 0 Å². The van der Waals surface area contributed by atoms with Gasteiger partial charge < -0.3 is 9.73 Å². The predicted molar refractivity (Wildman–Crippen MR) is 88.9 cm³/mol. The molecule has 2 aromatic rings. The molecule has 0 saturated carbocycles. The molecule has 4 nitrogen and oxygen atoms in total. The Morgan fingerprint density at radius 1 is 1.30 bits per heavy atom. The van der Waals surface area contributed by atoms with Gasteiger partial charge in [0.15, 0.2) is 0 Å². The number of nitrogens with one attached hydrogen (secondary N) is 1. The summed E-state index contributed by atoms with van der Waals surface area (Å²) in [6.07, 6.45) is 0.711. The predicted octanol–water partition coefficient (Wildman–Crippen LogP) is 3.93. The van der Waals surface area contributed by atoms with Crippen molar-refractivity contribution in [1.29, 1.82) is 0 Å². The number of benzene rings is 1. The first-order chi connectivity index (χ1) is 9.35. The molecule has 0 amide bonds. The molecule has 1 heterocycles. The highest BCUT2D eigenvalue weighted by Crippen LogP contribution is 2.25. The zero-order valence-corrected chi connectivity index (χ0v) is 14.6. The average molecular weight is 406 g/mol. The van der Waals surface area contributed by atoms with Crippen molar-refractivity contribution in [3.05, 3.63) is 32.7 Å². The van der Waals surface area contributed by atoms with Crippen molar-refractivity contribution in [2.24, 2.45) is 0 Å². The molecule has 0 spiro atoms. The molecule has 2 rings (SSSR count). The number of halogens is 2. The Hall–Kier alpha value is -0.660. The summed E-state index contributed by atoms with van der Waals surface area (Å²) in [6, 6.07) is 5.70. The van der Waals surface area contributed by atoms with Crippen molar-refractivity contribution in [2.75, 3.05) is 6.54 Å². The van der Waals surface area contributed by atoms with Gasteiger partial charge >= 0.3 is 0 Å². The molecule has 1 aromatic carbocycles. The van der Waals surface area contributed by atoms with Gasteiger partial charge in [-0.15, -0.1) is 10.2 Å². The van der Waals surface area contributed by atoms with Crippen LogP contribution in [0.1, 0.15) is 26.7 Å². The molecule has 0 saturated heterocycles. The van der Waals surface area contributed by atoms with Gasteiger partial charge in [0.05, 0.1) is 5.02 Å². The van der Waals surface area contributed by atoms with E-state index >= 15 is 0 Å². The Balaban J connectivity index is 2.03. The zero-order chi connectivity index (χ0) is 14.8. The van der Waals surface area contributed by atoms with Gasteiger partial charge in [-0.2, -0.15) is 0 Å². The van der Waals surface area contributed by atoms with Crippen LogP contribution in [0.3, 0.4) is 0 Å². The average Bonchev–Trinajstić information content (AvgIpc) is 2.80. The van der Waals surface area contributed by atoms with E-state index in [1.54, 1.807) is 0 Å². The molecule has 108 valence electrons. The minimum atomic E-state index is 0.0898. The third kappa shape index (κ3) is 4.43. The lowest BCUT2D eigenvalue weighted by molar-refractivity contribution is 0.412. The zero-order valence-electron chi connectivity index (χ0n) is 11.7. The third-order valence-corrected chi connectivity index (χ3v) is 4.20. The molecule has 0 fully saturated rings. The fourth-order valence-corrected chi connectivity index (χ4v) is 2.16. The van der Waals surface area contributed by atoms with Crippen molar-refractivity contribution in [1.82, 2.24) is 15.5 Å². The number of hydrogen-bond donors (Lipinski definition) is 1. The third-order valence-electron chi connectivity index (χ3n) is 2.63. The Labute approximate surface area is 137 Å². The summed E-state index contributed by atoms with van der Waals surface area (Å²) in [5.74, 6) is 1.14. The van der Waals surface area contributed by atoms with Gasteiger partial charge in [-0.3, -0.25) is 0 Å². The lowest BCUT2D eigenvalue weighted by atomic mass is 10.1. The maximum absolute atomic E-state index is 6.10. The van der Waals surface area contributed by atoms with Crippen molar-refractivity contribution < 1.29 is 4.42 Å². The molecule has 0 aliphatic heterocycles. The van der Waals surface area contributed by atoms with E-state index in [-0.39, 0.29) is 5.54 Å². The molecule has 0 unspecified atom stereocenters. The van der Waals surface area contributed by atoms with E-state index in [2.05, 4.69) is 58.9 Å². The van der Waals surface area contributed by atoms with E-state index in [1.165, 1.54) is 0 Å². The van der Waals surface area contributed by atoms with E-state index in [9.17, 15) is 0 Å². The largest absolute Gasteiger partial charge is 0.421 e. The molecular formula is C14H17ClIN3O. The standard InChI is InChI=1S/C14H17ClIN3O/c1-14(2,3)17-7-6-12-18-19-13(20-12)9-4-5-11(16)10(15)8-9/h4-5,8,17H,6-7H2,1-3H3. The van der Waals surface area contributed by atoms with Gasteiger partial charge in [0, 0.05) is 27.6 Å². The molecular weight excluding hydrogens is 389 g/mol. The van der Waals surface area contributed by atoms with Crippen LogP contribution < -0.4 is 5.32 Å². The SMILES string of the molecule is CC(C)(C)NCCc1nnc(-c2ccc(I)c(Cl)c2)o1. The lowest BCUT2D eigenvalue weighted by Crippen LogP contribution is -2.37. The molecule has 1 N–H and O–H groups in total. The molecule has 6 heteroatoms. The van der Waals surface area contributed by atoms with Crippen LogP contribution in [-0.4, -0.2) is 22.3 Å². The smallest absolute Gasteiger partial charge is 0.247 e. The van der Waals surface area contributed by atoms with Crippen molar-refractivity contribution in [3.8, 4) is 11.5 Å². The van der Waals surface area contributed by atoms with E-state index < -0.39 is 0 Å². The Morgan fingerprint density at radius 3 is 2.70 bits per heavy atom. The molecule has 1 aromatic heterocycles. The molecule has 0 atom stereocenters. The monoisotopic (exact) mass is 405 g/mol. The highest BCUT2D eigenvalue weighted by molar-refractivity contribution is 14.1. The second kappa shape index (κ2) is 6.41. The van der Waals surface area contributed by atoms with Gasteiger partial charge in [-0.05, 0) is 61.6 Å². The molecule has 0 bridgehead atoms. The van der Waals surface area contributed by atoms with Crippen LogP contribution in [0.25, 0.3) is 11.5 Å². The highest BCUT2D eigenvalue weighted by Gasteiger charge is 2.12. The second-order valence-corrected chi connectivity index (χ2v) is 7.13.